The van der Waals surface area contributed by atoms with E-state index in [2.05, 4.69) is 24.9 Å². The molecule has 2 fully saturated rings. The lowest BCUT2D eigenvalue weighted by molar-refractivity contribution is 0.122. The van der Waals surface area contributed by atoms with Crippen LogP contribution in [0, 0.1) is 5.82 Å². The zero-order valence-corrected chi connectivity index (χ0v) is 16.7. The molecule has 3 aromatic rings. The normalized spacial score (nSPS) is 20.0. The summed E-state index contributed by atoms with van der Waals surface area (Å²) in [6.45, 7) is 4.55. The number of likely N-dealkylation sites (tertiary alicyclic amines) is 1. The number of ether oxygens (including phenoxy) is 1. The third-order valence-corrected chi connectivity index (χ3v) is 5.76. The maximum Gasteiger partial charge on any atom is 0.244 e. The van der Waals surface area contributed by atoms with Gasteiger partial charge in [-0.1, -0.05) is 23.4 Å². The highest BCUT2D eigenvalue weighted by Crippen LogP contribution is 2.33. The van der Waals surface area contributed by atoms with Crippen molar-refractivity contribution in [1.29, 1.82) is 0 Å². The Bertz CT molecular complexity index is 987. The van der Waals surface area contributed by atoms with Crippen LogP contribution in [0.1, 0.15) is 30.3 Å². The molecule has 2 saturated heterocycles. The van der Waals surface area contributed by atoms with E-state index < -0.39 is 0 Å². The van der Waals surface area contributed by atoms with E-state index in [9.17, 15) is 4.39 Å². The van der Waals surface area contributed by atoms with Crippen LogP contribution in [0.2, 0.25) is 0 Å². The van der Waals surface area contributed by atoms with Crippen LogP contribution in [0.5, 0.6) is 0 Å². The molecule has 0 unspecified atom stereocenters. The molecular formula is C22H24FN5O2. The van der Waals surface area contributed by atoms with Gasteiger partial charge in [0.2, 0.25) is 11.7 Å². The van der Waals surface area contributed by atoms with Crippen LogP contribution in [0.15, 0.2) is 47.1 Å². The number of aromatic nitrogens is 3. The van der Waals surface area contributed by atoms with Crippen molar-refractivity contribution >= 4 is 5.82 Å². The summed E-state index contributed by atoms with van der Waals surface area (Å²) in [5.41, 5.74) is 1.51. The van der Waals surface area contributed by atoms with Crippen molar-refractivity contribution in [3.8, 4) is 11.4 Å². The van der Waals surface area contributed by atoms with Crippen LogP contribution in [0.25, 0.3) is 11.4 Å². The average Bonchev–Trinajstić information content (AvgIpc) is 3.46. The molecule has 0 radical (unpaired) electrons. The summed E-state index contributed by atoms with van der Waals surface area (Å²) >= 11 is 0. The largest absolute Gasteiger partial charge is 0.378 e. The second-order valence-electron chi connectivity index (χ2n) is 7.68. The van der Waals surface area contributed by atoms with E-state index in [0.717, 1.165) is 57.1 Å². The molecule has 8 heteroatoms. The number of pyridine rings is 1. The number of morpholine rings is 1. The van der Waals surface area contributed by atoms with E-state index in [0.29, 0.717) is 23.8 Å². The Morgan fingerprint density at radius 3 is 2.73 bits per heavy atom. The Morgan fingerprint density at radius 2 is 1.93 bits per heavy atom. The van der Waals surface area contributed by atoms with Gasteiger partial charge in [0, 0.05) is 37.0 Å². The van der Waals surface area contributed by atoms with Gasteiger partial charge in [0.25, 0.3) is 0 Å². The Balaban J connectivity index is 1.30. The molecule has 2 aliphatic heterocycles. The van der Waals surface area contributed by atoms with Gasteiger partial charge in [-0.3, -0.25) is 4.90 Å². The van der Waals surface area contributed by atoms with E-state index in [1.54, 1.807) is 12.3 Å². The standard InChI is InChI=1S/C22H24FN5O2/c23-18-5-2-1-4-17(18)15-28-9-3-6-19(28)22-25-21(26-30-22)16-7-8-20(24-14-16)27-10-12-29-13-11-27/h1-2,4-5,7-8,14,19H,3,6,9-13,15H2/t19-/m0/s1. The van der Waals surface area contributed by atoms with Crippen molar-refractivity contribution in [2.24, 2.45) is 0 Å². The van der Waals surface area contributed by atoms with Crippen molar-refractivity contribution in [2.45, 2.75) is 25.4 Å². The Hall–Kier alpha value is -2.84. The van der Waals surface area contributed by atoms with E-state index >= 15 is 0 Å². The van der Waals surface area contributed by atoms with Crippen LogP contribution in [0.4, 0.5) is 10.2 Å². The molecule has 2 aromatic heterocycles. The van der Waals surface area contributed by atoms with Crippen LogP contribution in [-0.4, -0.2) is 52.9 Å². The van der Waals surface area contributed by atoms with E-state index in [1.807, 2.05) is 24.3 Å². The molecule has 4 heterocycles. The first-order chi connectivity index (χ1) is 14.8. The zero-order valence-electron chi connectivity index (χ0n) is 16.7. The van der Waals surface area contributed by atoms with Crippen LogP contribution in [-0.2, 0) is 11.3 Å². The molecule has 0 N–H and O–H groups in total. The number of rotatable bonds is 5. The molecule has 1 atom stereocenters. The highest BCUT2D eigenvalue weighted by molar-refractivity contribution is 5.56. The molecule has 0 spiro atoms. The number of hydrogen-bond donors (Lipinski definition) is 0. The van der Waals surface area contributed by atoms with Crippen LogP contribution in [0.3, 0.4) is 0 Å². The first-order valence-electron chi connectivity index (χ1n) is 10.4. The van der Waals surface area contributed by atoms with Crippen molar-refractivity contribution in [3.05, 3.63) is 59.9 Å². The third kappa shape index (κ3) is 3.93. The summed E-state index contributed by atoms with van der Waals surface area (Å²) in [5, 5.41) is 4.17. The van der Waals surface area contributed by atoms with Crippen molar-refractivity contribution in [1.82, 2.24) is 20.0 Å². The molecule has 0 aliphatic carbocycles. The highest BCUT2D eigenvalue weighted by Gasteiger charge is 2.31. The van der Waals surface area contributed by atoms with Gasteiger partial charge in [-0.2, -0.15) is 4.98 Å². The number of nitrogens with zero attached hydrogens (tertiary/aromatic N) is 5. The predicted molar refractivity (Wildman–Crippen MR) is 109 cm³/mol. The molecule has 0 saturated carbocycles. The lowest BCUT2D eigenvalue weighted by Crippen LogP contribution is -2.36. The first kappa shape index (κ1) is 19.1. The monoisotopic (exact) mass is 409 g/mol. The van der Waals surface area contributed by atoms with Gasteiger partial charge in [-0.15, -0.1) is 0 Å². The molecule has 0 amide bonds. The molecule has 156 valence electrons. The minimum absolute atomic E-state index is 0.00596. The van der Waals surface area contributed by atoms with E-state index in [1.165, 1.54) is 6.07 Å². The Morgan fingerprint density at radius 1 is 1.07 bits per heavy atom. The number of halogens is 1. The summed E-state index contributed by atoms with van der Waals surface area (Å²) in [5.74, 6) is 1.86. The molecule has 30 heavy (non-hydrogen) atoms. The number of hydrogen-bond acceptors (Lipinski definition) is 7. The molecule has 2 aliphatic rings. The lowest BCUT2D eigenvalue weighted by Gasteiger charge is -2.27. The SMILES string of the molecule is Fc1ccccc1CN1CCC[C@H]1c1nc(-c2ccc(N3CCOCC3)nc2)no1. The van der Waals surface area contributed by atoms with Crippen molar-refractivity contribution in [3.63, 3.8) is 0 Å². The third-order valence-electron chi connectivity index (χ3n) is 5.76. The Kier molecular flexibility index (Phi) is 5.42. The van der Waals surface area contributed by atoms with Crippen molar-refractivity contribution in [2.75, 3.05) is 37.7 Å². The average molecular weight is 409 g/mol. The molecule has 0 bridgehead atoms. The van der Waals surface area contributed by atoms with Crippen molar-refractivity contribution < 1.29 is 13.7 Å². The maximum absolute atomic E-state index is 14.1. The second kappa shape index (κ2) is 8.49. The smallest absolute Gasteiger partial charge is 0.244 e. The van der Waals surface area contributed by atoms with Gasteiger partial charge in [-0.25, -0.2) is 9.37 Å². The number of anilines is 1. The molecule has 5 rings (SSSR count). The highest BCUT2D eigenvalue weighted by atomic mass is 19.1. The summed E-state index contributed by atoms with van der Waals surface area (Å²) in [4.78, 5) is 13.6. The van der Waals surface area contributed by atoms with Gasteiger partial charge >= 0.3 is 0 Å². The maximum atomic E-state index is 14.1. The van der Waals surface area contributed by atoms with Gasteiger partial charge in [0.05, 0.1) is 19.3 Å². The van der Waals surface area contributed by atoms with Gasteiger partial charge in [0.1, 0.15) is 11.6 Å². The van der Waals surface area contributed by atoms with Gasteiger partial charge in [-0.05, 0) is 37.6 Å². The molecule has 1 aromatic carbocycles. The fourth-order valence-electron chi connectivity index (χ4n) is 4.13. The fourth-order valence-corrected chi connectivity index (χ4v) is 4.13. The first-order valence-corrected chi connectivity index (χ1v) is 10.4. The van der Waals surface area contributed by atoms with Gasteiger partial charge in [0.15, 0.2) is 0 Å². The number of benzene rings is 1. The minimum Gasteiger partial charge on any atom is -0.378 e. The molecular weight excluding hydrogens is 385 g/mol. The summed E-state index contributed by atoms with van der Waals surface area (Å²) in [6, 6.07) is 10.9. The van der Waals surface area contributed by atoms with Crippen LogP contribution < -0.4 is 4.90 Å². The second-order valence-corrected chi connectivity index (χ2v) is 7.68. The van der Waals surface area contributed by atoms with E-state index in [-0.39, 0.29) is 11.9 Å². The summed E-state index contributed by atoms with van der Waals surface area (Å²) in [6.07, 6.45) is 3.72. The Labute approximate surface area is 174 Å². The minimum atomic E-state index is -0.180. The predicted octanol–water partition coefficient (Wildman–Crippen LogP) is 3.44. The van der Waals surface area contributed by atoms with Crippen LogP contribution >= 0.6 is 0 Å². The fraction of sp³-hybridized carbons (Fsp3) is 0.409. The van der Waals surface area contributed by atoms with E-state index in [4.69, 9.17) is 9.26 Å². The topological polar surface area (TPSA) is 67.5 Å². The zero-order chi connectivity index (χ0) is 20.3. The molecule has 7 nitrogen and oxygen atoms in total. The van der Waals surface area contributed by atoms with Gasteiger partial charge < -0.3 is 14.2 Å². The summed E-state index contributed by atoms with van der Waals surface area (Å²) < 4.78 is 25.1. The summed E-state index contributed by atoms with van der Waals surface area (Å²) in [7, 11) is 0. The quantitative estimate of drug-likeness (QED) is 0.639. The lowest BCUT2D eigenvalue weighted by atomic mass is 10.1.